The summed E-state index contributed by atoms with van der Waals surface area (Å²) in [5.74, 6) is 0.132. The molecule has 2 amide bonds. The van der Waals surface area contributed by atoms with Crippen LogP contribution in [0.25, 0.3) is 0 Å². The van der Waals surface area contributed by atoms with Crippen LogP contribution in [-0.4, -0.2) is 47.8 Å². The number of carbonyl (C=O) groups is 2. The van der Waals surface area contributed by atoms with Crippen molar-refractivity contribution in [2.45, 2.75) is 12.8 Å². The zero-order valence-corrected chi connectivity index (χ0v) is 15.5. The molecule has 0 atom stereocenters. The Kier molecular flexibility index (Phi) is 7.04. The van der Waals surface area contributed by atoms with Crippen molar-refractivity contribution in [2.24, 2.45) is 0 Å². The number of amides is 2. The molecule has 0 aliphatic carbocycles. The molecule has 1 saturated heterocycles. The summed E-state index contributed by atoms with van der Waals surface area (Å²) >= 11 is 0. The Hall–Kier alpha value is -2.53. The molecule has 0 saturated carbocycles. The quantitative estimate of drug-likeness (QED) is 0.841. The average Bonchev–Trinajstić information content (AvgIpc) is 2.90. The smallest absolute Gasteiger partial charge is 0.253 e. The maximum atomic E-state index is 12.6. The molecule has 1 aliphatic rings. The van der Waals surface area contributed by atoms with Gasteiger partial charge in [-0.2, -0.15) is 0 Å². The highest BCUT2D eigenvalue weighted by Gasteiger charge is 2.22. The number of benzene rings is 2. The Morgan fingerprint density at radius 2 is 1.46 bits per heavy atom. The normalized spacial score (nSPS) is 14.3. The molecule has 0 aromatic heterocycles. The summed E-state index contributed by atoms with van der Waals surface area (Å²) in [7, 11) is 0. The van der Waals surface area contributed by atoms with E-state index in [1.807, 2.05) is 64.4 Å². The average molecular weight is 374 g/mol. The highest BCUT2D eigenvalue weighted by atomic mass is 35.5. The van der Waals surface area contributed by atoms with E-state index in [1.54, 1.807) is 0 Å². The van der Waals surface area contributed by atoms with Gasteiger partial charge < -0.3 is 15.5 Å². The van der Waals surface area contributed by atoms with Crippen molar-refractivity contribution in [3.05, 3.63) is 65.7 Å². The summed E-state index contributed by atoms with van der Waals surface area (Å²) in [6.45, 7) is 2.51. The summed E-state index contributed by atoms with van der Waals surface area (Å²) in [6.07, 6.45) is 1.17. The number of nitrogens with zero attached hydrogens (tertiary/aromatic N) is 2. The molecular weight excluding hydrogens is 350 g/mol. The van der Waals surface area contributed by atoms with E-state index in [9.17, 15) is 9.59 Å². The first-order valence-electron chi connectivity index (χ1n) is 8.60. The second-order valence-corrected chi connectivity index (χ2v) is 6.31. The van der Waals surface area contributed by atoms with E-state index in [4.69, 9.17) is 5.73 Å². The van der Waals surface area contributed by atoms with Crippen LogP contribution < -0.4 is 5.73 Å². The molecule has 0 bridgehead atoms. The number of anilines is 1. The van der Waals surface area contributed by atoms with E-state index in [1.165, 1.54) is 0 Å². The van der Waals surface area contributed by atoms with Gasteiger partial charge >= 0.3 is 0 Å². The van der Waals surface area contributed by atoms with Crippen LogP contribution in [0.15, 0.2) is 54.6 Å². The highest BCUT2D eigenvalue weighted by molar-refractivity contribution is 5.94. The fourth-order valence-corrected chi connectivity index (χ4v) is 3.06. The summed E-state index contributed by atoms with van der Waals surface area (Å²) < 4.78 is 0. The van der Waals surface area contributed by atoms with Crippen LogP contribution in [0.4, 0.5) is 5.69 Å². The van der Waals surface area contributed by atoms with Gasteiger partial charge in [-0.05, 0) is 36.2 Å². The fourth-order valence-electron chi connectivity index (χ4n) is 3.06. The summed E-state index contributed by atoms with van der Waals surface area (Å²) in [5.41, 5.74) is 8.03. The third-order valence-corrected chi connectivity index (χ3v) is 4.49. The number of carbonyl (C=O) groups excluding carboxylic acids is 2. The van der Waals surface area contributed by atoms with Crippen LogP contribution in [0.5, 0.6) is 0 Å². The van der Waals surface area contributed by atoms with Gasteiger partial charge in [-0.25, -0.2) is 0 Å². The van der Waals surface area contributed by atoms with Crippen LogP contribution in [0.1, 0.15) is 22.3 Å². The second kappa shape index (κ2) is 9.25. The predicted molar refractivity (Wildman–Crippen MR) is 105 cm³/mol. The fraction of sp³-hybridized carbons (Fsp3) is 0.300. The van der Waals surface area contributed by atoms with Crippen molar-refractivity contribution in [1.82, 2.24) is 9.80 Å². The van der Waals surface area contributed by atoms with Crippen LogP contribution >= 0.6 is 12.4 Å². The molecule has 0 radical (unpaired) electrons. The van der Waals surface area contributed by atoms with Crippen molar-refractivity contribution >= 4 is 29.9 Å². The van der Waals surface area contributed by atoms with Gasteiger partial charge in [-0.3, -0.25) is 9.59 Å². The molecule has 2 N–H and O–H groups in total. The van der Waals surface area contributed by atoms with Gasteiger partial charge in [0.1, 0.15) is 0 Å². The molecule has 0 spiro atoms. The van der Waals surface area contributed by atoms with Crippen LogP contribution in [-0.2, 0) is 11.2 Å². The molecule has 1 fully saturated rings. The molecule has 2 aromatic rings. The Bertz CT molecular complexity index is 734. The van der Waals surface area contributed by atoms with Gasteiger partial charge in [0.25, 0.3) is 5.91 Å². The van der Waals surface area contributed by atoms with Gasteiger partial charge in [0.2, 0.25) is 5.91 Å². The third-order valence-electron chi connectivity index (χ3n) is 4.49. The first kappa shape index (κ1) is 19.8. The SMILES string of the molecule is Cl.Nc1ccc(CC(=O)N2CCCN(C(=O)c3ccccc3)CC2)cc1. The lowest BCUT2D eigenvalue weighted by Crippen LogP contribution is -2.38. The van der Waals surface area contributed by atoms with Crippen molar-refractivity contribution in [2.75, 3.05) is 31.9 Å². The van der Waals surface area contributed by atoms with Crippen molar-refractivity contribution < 1.29 is 9.59 Å². The molecule has 138 valence electrons. The number of hydrogen-bond acceptors (Lipinski definition) is 3. The molecule has 1 heterocycles. The summed E-state index contributed by atoms with van der Waals surface area (Å²) in [5, 5.41) is 0. The lowest BCUT2D eigenvalue weighted by atomic mass is 10.1. The molecule has 5 nitrogen and oxygen atoms in total. The zero-order chi connectivity index (χ0) is 17.6. The van der Waals surface area contributed by atoms with E-state index in [-0.39, 0.29) is 24.2 Å². The topological polar surface area (TPSA) is 66.6 Å². The number of halogens is 1. The standard InChI is InChI=1S/C20H23N3O2.ClH/c21-18-9-7-16(8-10-18)15-19(24)22-11-4-12-23(14-13-22)20(25)17-5-2-1-3-6-17;/h1-3,5-10H,4,11-15,21H2;1H. The van der Waals surface area contributed by atoms with Crippen LogP contribution in [0.2, 0.25) is 0 Å². The van der Waals surface area contributed by atoms with Crippen molar-refractivity contribution in [3.63, 3.8) is 0 Å². The molecule has 0 unspecified atom stereocenters. The predicted octanol–water partition coefficient (Wildman–Crippen LogP) is 2.61. The highest BCUT2D eigenvalue weighted by Crippen LogP contribution is 2.12. The van der Waals surface area contributed by atoms with Crippen LogP contribution in [0.3, 0.4) is 0 Å². The zero-order valence-electron chi connectivity index (χ0n) is 14.6. The number of rotatable bonds is 3. The summed E-state index contributed by atoms with van der Waals surface area (Å²) in [6, 6.07) is 16.7. The molecule has 2 aromatic carbocycles. The van der Waals surface area contributed by atoms with Crippen molar-refractivity contribution in [3.8, 4) is 0 Å². The Balaban J connectivity index is 0.00000243. The van der Waals surface area contributed by atoms with Gasteiger partial charge in [-0.15, -0.1) is 12.4 Å². The maximum Gasteiger partial charge on any atom is 0.253 e. The van der Waals surface area contributed by atoms with Gasteiger partial charge in [0.15, 0.2) is 0 Å². The maximum absolute atomic E-state index is 12.6. The lowest BCUT2D eigenvalue weighted by Gasteiger charge is -2.22. The van der Waals surface area contributed by atoms with Gasteiger partial charge in [0, 0.05) is 37.4 Å². The minimum absolute atomic E-state index is 0. The molecule has 1 aliphatic heterocycles. The Labute approximate surface area is 160 Å². The van der Waals surface area contributed by atoms with Gasteiger partial charge in [-0.1, -0.05) is 30.3 Å². The monoisotopic (exact) mass is 373 g/mol. The van der Waals surface area contributed by atoms with E-state index in [2.05, 4.69) is 0 Å². The molecule has 6 heteroatoms. The van der Waals surface area contributed by atoms with E-state index < -0.39 is 0 Å². The number of nitrogen functional groups attached to an aromatic ring is 1. The minimum Gasteiger partial charge on any atom is -0.399 e. The second-order valence-electron chi connectivity index (χ2n) is 6.31. The molecule has 3 rings (SSSR count). The molecule has 26 heavy (non-hydrogen) atoms. The number of nitrogens with two attached hydrogens (primary N) is 1. The van der Waals surface area contributed by atoms with E-state index >= 15 is 0 Å². The first-order chi connectivity index (χ1) is 12.1. The van der Waals surface area contributed by atoms with E-state index in [0.717, 1.165) is 12.0 Å². The van der Waals surface area contributed by atoms with E-state index in [0.29, 0.717) is 43.9 Å². The Morgan fingerprint density at radius 3 is 2.15 bits per heavy atom. The third kappa shape index (κ3) is 4.99. The molecular formula is C20H24ClN3O2. The van der Waals surface area contributed by atoms with Crippen molar-refractivity contribution in [1.29, 1.82) is 0 Å². The Morgan fingerprint density at radius 1 is 0.846 bits per heavy atom. The lowest BCUT2D eigenvalue weighted by molar-refractivity contribution is -0.130. The first-order valence-corrected chi connectivity index (χ1v) is 8.60. The largest absolute Gasteiger partial charge is 0.399 e. The minimum atomic E-state index is 0. The van der Waals surface area contributed by atoms with Crippen LogP contribution in [0, 0.1) is 0 Å². The number of hydrogen-bond donors (Lipinski definition) is 1. The summed E-state index contributed by atoms with van der Waals surface area (Å²) in [4.78, 5) is 28.8. The van der Waals surface area contributed by atoms with Gasteiger partial charge in [0.05, 0.1) is 6.42 Å².